The summed E-state index contributed by atoms with van der Waals surface area (Å²) in [5, 5.41) is 0. The molecule has 0 amide bonds. The van der Waals surface area contributed by atoms with Crippen LogP contribution in [0.3, 0.4) is 0 Å². The molecule has 1 saturated heterocycles. The van der Waals surface area contributed by atoms with E-state index in [2.05, 4.69) is 16.7 Å². The van der Waals surface area contributed by atoms with Gasteiger partial charge in [0.05, 0.1) is 7.11 Å². The minimum atomic E-state index is -0.291. The van der Waals surface area contributed by atoms with Crippen LogP contribution in [0.4, 0.5) is 4.39 Å². The first kappa shape index (κ1) is 15.2. The number of ether oxygens (including phenoxy) is 1. The van der Waals surface area contributed by atoms with Crippen molar-refractivity contribution >= 4 is 0 Å². The van der Waals surface area contributed by atoms with Gasteiger partial charge < -0.3 is 10.5 Å². The zero-order valence-electron chi connectivity index (χ0n) is 12.3. The smallest absolute Gasteiger partial charge is 0.165 e. The van der Waals surface area contributed by atoms with E-state index in [9.17, 15) is 4.39 Å². The topological polar surface area (TPSA) is 41.7 Å². The molecule has 0 radical (unpaired) electrons. The summed E-state index contributed by atoms with van der Waals surface area (Å²) in [5.74, 6) is 0.00994. The number of nitrogens with zero attached hydrogens (tertiary/aromatic N) is 2. The van der Waals surface area contributed by atoms with Gasteiger partial charge in [-0.05, 0) is 24.6 Å². The van der Waals surface area contributed by atoms with Crippen molar-refractivity contribution in [2.24, 2.45) is 5.73 Å². The fraction of sp³-hybridized carbons (Fsp3) is 0.600. The summed E-state index contributed by atoms with van der Waals surface area (Å²) < 4.78 is 18.6. The predicted molar refractivity (Wildman–Crippen MR) is 78.3 cm³/mol. The Bertz CT molecular complexity index is 433. The highest BCUT2D eigenvalue weighted by molar-refractivity contribution is 5.29. The number of halogens is 1. The molecular formula is C15H24FN3O. The Hall–Kier alpha value is -1.17. The number of rotatable bonds is 5. The molecule has 112 valence electrons. The number of hydrogen-bond acceptors (Lipinski definition) is 4. The van der Waals surface area contributed by atoms with Crippen molar-refractivity contribution in [3.8, 4) is 5.75 Å². The van der Waals surface area contributed by atoms with Crippen molar-refractivity contribution in [2.45, 2.75) is 19.5 Å². The van der Waals surface area contributed by atoms with Gasteiger partial charge in [0.25, 0.3) is 0 Å². The van der Waals surface area contributed by atoms with Crippen LogP contribution in [0.1, 0.15) is 12.5 Å². The van der Waals surface area contributed by atoms with Crippen LogP contribution in [0.25, 0.3) is 0 Å². The highest BCUT2D eigenvalue weighted by Gasteiger charge is 2.20. The van der Waals surface area contributed by atoms with Crippen molar-refractivity contribution in [1.82, 2.24) is 9.80 Å². The summed E-state index contributed by atoms with van der Waals surface area (Å²) in [5.41, 5.74) is 6.69. The zero-order valence-corrected chi connectivity index (χ0v) is 12.3. The van der Waals surface area contributed by atoms with E-state index in [-0.39, 0.29) is 5.82 Å². The van der Waals surface area contributed by atoms with Crippen LogP contribution < -0.4 is 10.5 Å². The fourth-order valence-electron chi connectivity index (χ4n) is 2.58. The van der Waals surface area contributed by atoms with Crippen LogP contribution >= 0.6 is 0 Å². The third kappa shape index (κ3) is 3.69. The molecule has 0 aromatic heterocycles. The van der Waals surface area contributed by atoms with Gasteiger partial charge in [0.15, 0.2) is 11.6 Å². The number of benzene rings is 1. The Kier molecular flexibility index (Phi) is 5.34. The quantitative estimate of drug-likeness (QED) is 0.883. The lowest BCUT2D eigenvalue weighted by Crippen LogP contribution is -2.51. The van der Waals surface area contributed by atoms with E-state index >= 15 is 0 Å². The zero-order chi connectivity index (χ0) is 14.5. The van der Waals surface area contributed by atoms with E-state index in [0.717, 1.165) is 38.3 Å². The van der Waals surface area contributed by atoms with Gasteiger partial charge in [-0.15, -0.1) is 0 Å². The van der Waals surface area contributed by atoms with Gasteiger partial charge in [-0.2, -0.15) is 0 Å². The Morgan fingerprint density at radius 1 is 1.30 bits per heavy atom. The summed E-state index contributed by atoms with van der Waals surface area (Å²) in [6.07, 6.45) is 0. The minimum absolute atomic E-state index is 0.291. The van der Waals surface area contributed by atoms with Gasteiger partial charge in [0.1, 0.15) is 0 Å². The molecule has 1 atom stereocenters. The van der Waals surface area contributed by atoms with Crippen LogP contribution in [-0.4, -0.2) is 55.7 Å². The molecular weight excluding hydrogens is 257 g/mol. The first-order valence-electron chi connectivity index (χ1n) is 7.13. The molecule has 1 unspecified atom stereocenters. The molecule has 2 N–H and O–H groups in total. The average Bonchev–Trinajstić information content (AvgIpc) is 2.47. The summed E-state index contributed by atoms with van der Waals surface area (Å²) in [6.45, 7) is 7.69. The number of methoxy groups -OCH3 is 1. The standard InChI is InChI=1S/C15H24FN3O/c1-12(10-17)19-7-5-18(6-8-19)11-13-3-4-15(20-2)14(16)9-13/h3-4,9,12H,5-8,10-11,17H2,1-2H3. The van der Waals surface area contributed by atoms with Gasteiger partial charge in [-0.25, -0.2) is 4.39 Å². The van der Waals surface area contributed by atoms with Crippen LogP contribution in [-0.2, 0) is 6.54 Å². The normalized spacial score (nSPS) is 19.0. The largest absolute Gasteiger partial charge is 0.494 e. The van der Waals surface area contributed by atoms with E-state index < -0.39 is 0 Å². The van der Waals surface area contributed by atoms with Crippen molar-refractivity contribution in [1.29, 1.82) is 0 Å². The molecule has 0 spiro atoms. The van der Waals surface area contributed by atoms with Crippen LogP contribution in [0, 0.1) is 5.82 Å². The SMILES string of the molecule is COc1ccc(CN2CCN(C(C)CN)CC2)cc1F. The van der Waals surface area contributed by atoms with Crippen molar-refractivity contribution < 1.29 is 9.13 Å². The van der Waals surface area contributed by atoms with Gasteiger partial charge in [-0.1, -0.05) is 6.07 Å². The molecule has 4 nitrogen and oxygen atoms in total. The van der Waals surface area contributed by atoms with Crippen molar-refractivity contribution in [2.75, 3.05) is 39.8 Å². The molecule has 0 aliphatic carbocycles. The Morgan fingerprint density at radius 3 is 2.55 bits per heavy atom. The Morgan fingerprint density at radius 2 is 2.00 bits per heavy atom. The lowest BCUT2D eigenvalue weighted by Gasteiger charge is -2.37. The third-order valence-corrected chi connectivity index (χ3v) is 3.99. The molecule has 1 fully saturated rings. The fourth-order valence-corrected chi connectivity index (χ4v) is 2.58. The molecule has 1 heterocycles. The number of hydrogen-bond donors (Lipinski definition) is 1. The lowest BCUT2D eigenvalue weighted by molar-refractivity contribution is 0.100. The molecule has 20 heavy (non-hydrogen) atoms. The van der Waals surface area contributed by atoms with Crippen LogP contribution in [0.5, 0.6) is 5.75 Å². The van der Waals surface area contributed by atoms with Crippen LogP contribution in [0.2, 0.25) is 0 Å². The number of nitrogens with two attached hydrogens (primary N) is 1. The molecule has 0 saturated carbocycles. The molecule has 5 heteroatoms. The molecule has 2 rings (SSSR count). The van der Waals surface area contributed by atoms with Crippen molar-refractivity contribution in [3.63, 3.8) is 0 Å². The first-order chi connectivity index (χ1) is 9.63. The highest BCUT2D eigenvalue weighted by Crippen LogP contribution is 2.19. The molecule has 1 aromatic carbocycles. The van der Waals surface area contributed by atoms with E-state index in [1.807, 2.05) is 6.07 Å². The van der Waals surface area contributed by atoms with Crippen LogP contribution in [0.15, 0.2) is 18.2 Å². The lowest BCUT2D eigenvalue weighted by atomic mass is 10.1. The van der Waals surface area contributed by atoms with Gasteiger partial charge >= 0.3 is 0 Å². The maximum Gasteiger partial charge on any atom is 0.165 e. The van der Waals surface area contributed by atoms with E-state index in [1.54, 1.807) is 12.1 Å². The van der Waals surface area contributed by atoms with Crippen molar-refractivity contribution in [3.05, 3.63) is 29.6 Å². The van der Waals surface area contributed by atoms with E-state index in [4.69, 9.17) is 10.5 Å². The molecule has 0 bridgehead atoms. The monoisotopic (exact) mass is 281 g/mol. The van der Waals surface area contributed by atoms with Gasteiger partial charge in [0.2, 0.25) is 0 Å². The predicted octanol–water partition coefficient (Wildman–Crippen LogP) is 1.30. The highest BCUT2D eigenvalue weighted by atomic mass is 19.1. The Labute approximate surface area is 120 Å². The average molecular weight is 281 g/mol. The summed E-state index contributed by atoms with van der Waals surface area (Å²) in [4.78, 5) is 4.76. The summed E-state index contributed by atoms with van der Waals surface area (Å²) in [7, 11) is 1.48. The third-order valence-electron chi connectivity index (χ3n) is 3.99. The molecule has 1 aliphatic rings. The van der Waals surface area contributed by atoms with E-state index in [1.165, 1.54) is 7.11 Å². The summed E-state index contributed by atoms with van der Waals surface area (Å²) >= 11 is 0. The minimum Gasteiger partial charge on any atom is -0.494 e. The molecule has 1 aromatic rings. The number of piperazine rings is 1. The second-order valence-corrected chi connectivity index (χ2v) is 5.37. The van der Waals surface area contributed by atoms with Gasteiger partial charge in [0, 0.05) is 45.3 Å². The van der Waals surface area contributed by atoms with Gasteiger partial charge in [-0.3, -0.25) is 9.80 Å². The summed E-state index contributed by atoms with van der Waals surface area (Å²) in [6, 6.07) is 5.62. The second-order valence-electron chi connectivity index (χ2n) is 5.37. The molecule has 1 aliphatic heterocycles. The Balaban J connectivity index is 1.88. The second kappa shape index (κ2) is 7.02. The maximum atomic E-state index is 13.7. The maximum absolute atomic E-state index is 13.7. The van der Waals surface area contributed by atoms with E-state index in [0.29, 0.717) is 18.3 Å². The first-order valence-corrected chi connectivity index (χ1v) is 7.13.